The zero-order valence-electron chi connectivity index (χ0n) is 10.2. The molecule has 0 saturated heterocycles. The molecule has 0 aliphatic heterocycles. The molecule has 0 aromatic heterocycles. The molecule has 0 radical (unpaired) electrons. The molecule has 4 atom stereocenters. The Morgan fingerprint density at radius 3 is 1.84 bits per heavy atom. The number of rotatable bonds is 10. The highest BCUT2D eigenvalue weighted by atomic mass is 35.5. The lowest BCUT2D eigenvalue weighted by molar-refractivity contribution is -0.134. The normalized spacial score (nSPS) is 17.4. The lowest BCUT2D eigenvalue weighted by Gasteiger charge is -2.29. The van der Waals surface area contributed by atoms with Crippen LogP contribution in [0.2, 0.25) is 0 Å². The first-order valence-electron chi connectivity index (χ1n) is 5.49. The fraction of sp³-hybridized carbons (Fsp3) is 0.900. The summed E-state index contributed by atoms with van der Waals surface area (Å²) in [7, 11) is 0. The van der Waals surface area contributed by atoms with Crippen LogP contribution in [0, 0.1) is 0 Å². The van der Waals surface area contributed by atoms with E-state index in [0.29, 0.717) is 24.8 Å². The molecule has 0 spiro atoms. The third-order valence-corrected chi connectivity index (χ3v) is 2.82. The van der Waals surface area contributed by atoms with Gasteiger partial charge in [0.05, 0.1) is 6.10 Å². The number of aldehydes is 1. The predicted molar refractivity (Wildman–Crippen MR) is 75.2 cm³/mol. The molecule has 0 aromatic carbocycles. The molecule has 0 rings (SSSR count). The van der Waals surface area contributed by atoms with Gasteiger partial charge < -0.3 is 25.2 Å². The molecule has 0 aliphatic rings. The molecule has 6 nitrogen and oxygen atoms in total. The van der Waals surface area contributed by atoms with Crippen LogP contribution in [0.25, 0.3) is 0 Å². The van der Waals surface area contributed by atoms with E-state index in [1.807, 2.05) is 0 Å². The third kappa shape index (κ3) is 8.27. The number of carbonyl (C=O) groups excluding carboxylic acids is 1. The number of carbonyl (C=O) groups is 1. The molecule has 19 heavy (non-hydrogen) atoms. The van der Waals surface area contributed by atoms with Crippen LogP contribution in [0.1, 0.15) is 0 Å². The van der Waals surface area contributed by atoms with Gasteiger partial charge in [0.25, 0.3) is 0 Å². The van der Waals surface area contributed by atoms with Crippen molar-refractivity contribution in [1.82, 2.24) is 4.90 Å². The van der Waals surface area contributed by atoms with Crippen molar-refractivity contribution in [1.29, 1.82) is 0 Å². The summed E-state index contributed by atoms with van der Waals surface area (Å²) in [6.07, 6.45) is -6.31. The zero-order valence-corrected chi connectivity index (χ0v) is 12.6. The minimum absolute atomic E-state index is 0. The number of aliphatic hydroxyl groups excluding tert-OH is 4. The summed E-state index contributed by atoms with van der Waals surface area (Å²) in [6.45, 7) is 0.956. The first-order valence-corrected chi connectivity index (χ1v) is 6.56. The van der Waals surface area contributed by atoms with Gasteiger partial charge in [-0.3, -0.25) is 4.90 Å². The summed E-state index contributed by atoms with van der Waals surface area (Å²) in [5.74, 6) is 0.665. The Labute approximate surface area is 128 Å². The lowest BCUT2D eigenvalue weighted by atomic mass is 10.0. The Kier molecular flexibility index (Phi) is 13.8. The maximum Gasteiger partial charge on any atom is 0.151 e. The molecule has 9 heteroatoms. The van der Waals surface area contributed by atoms with Crippen molar-refractivity contribution in [2.45, 2.75) is 24.4 Å². The average Bonchev–Trinajstić information content (AvgIpc) is 2.36. The molecule has 0 bridgehead atoms. The van der Waals surface area contributed by atoms with Crippen LogP contribution in [0.15, 0.2) is 0 Å². The number of nitrogens with zero attached hydrogens (tertiary/aromatic N) is 1. The lowest BCUT2D eigenvalue weighted by Crippen LogP contribution is -2.49. The molecular weight excluding hydrogens is 320 g/mol. The highest BCUT2D eigenvalue weighted by Gasteiger charge is 2.30. The van der Waals surface area contributed by atoms with Gasteiger partial charge in [0.1, 0.15) is 18.3 Å². The van der Waals surface area contributed by atoms with Gasteiger partial charge in [-0.05, 0) is 0 Å². The molecule has 4 N–H and O–H groups in total. The second kappa shape index (κ2) is 12.1. The third-order valence-electron chi connectivity index (χ3n) is 2.48. The van der Waals surface area contributed by atoms with Crippen LogP contribution < -0.4 is 0 Å². The van der Waals surface area contributed by atoms with Crippen LogP contribution in [-0.4, -0.2) is 87.4 Å². The largest absolute Gasteiger partial charge is 0.389 e. The number of alkyl halides is 2. The van der Waals surface area contributed by atoms with E-state index in [-0.39, 0.29) is 25.2 Å². The van der Waals surface area contributed by atoms with Crippen LogP contribution in [-0.2, 0) is 4.79 Å². The Hall–Kier alpha value is 0.340. The molecule has 0 aliphatic carbocycles. The summed E-state index contributed by atoms with van der Waals surface area (Å²) in [6, 6.07) is 0. The summed E-state index contributed by atoms with van der Waals surface area (Å²) in [4.78, 5) is 12.0. The SMILES string of the molecule is Cl.O=C[C@H](O)[C@@H](O)[C@H](O)[C@H](O)CN(CCCl)CCCl. The maximum atomic E-state index is 10.3. The number of aliphatic hydroxyl groups is 4. The summed E-state index contributed by atoms with van der Waals surface area (Å²) >= 11 is 11.1. The quantitative estimate of drug-likeness (QED) is 0.295. The maximum absolute atomic E-state index is 10.3. The van der Waals surface area contributed by atoms with Crippen LogP contribution >= 0.6 is 35.6 Å². The second-order valence-corrected chi connectivity index (χ2v) is 4.61. The highest BCUT2D eigenvalue weighted by molar-refractivity contribution is 6.18. The van der Waals surface area contributed by atoms with E-state index in [0.717, 1.165) is 0 Å². The van der Waals surface area contributed by atoms with Crippen molar-refractivity contribution in [3.05, 3.63) is 0 Å². The molecule has 116 valence electrons. The van der Waals surface area contributed by atoms with Gasteiger partial charge in [-0.1, -0.05) is 0 Å². The van der Waals surface area contributed by atoms with Crippen LogP contribution in [0.3, 0.4) is 0 Å². The smallest absolute Gasteiger partial charge is 0.151 e. The van der Waals surface area contributed by atoms with E-state index in [9.17, 15) is 20.1 Å². The van der Waals surface area contributed by atoms with E-state index >= 15 is 0 Å². The molecule has 0 fully saturated rings. The zero-order chi connectivity index (χ0) is 14.1. The second-order valence-electron chi connectivity index (χ2n) is 3.85. The van der Waals surface area contributed by atoms with Gasteiger partial charge in [0.2, 0.25) is 0 Å². The Bertz CT molecular complexity index is 231. The van der Waals surface area contributed by atoms with Crippen molar-refractivity contribution in [3.63, 3.8) is 0 Å². The first kappa shape index (κ1) is 21.6. The fourth-order valence-electron chi connectivity index (χ4n) is 1.42. The Balaban J connectivity index is 0. The molecule has 0 unspecified atom stereocenters. The number of hydrogen-bond acceptors (Lipinski definition) is 6. The van der Waals surface area contributed by atoms with E-state index in [4.69, 9.17) is 28.3 Å². The molecule has 0 amide bonds. The minimum atomic E-state index is -1.73. The van der Waals surface area contributed by atoms with E-state index in [1.54, 1.807) is 4.90 Å². The van der Waals surface area contributed by atoms with Crippen molar-refractivity contribution in [2.75, 3.05) is 31.4 Å². The number of hydrogen-bond donors (Lipinski definition) is 4. The van der Waals surface area contributed by atoms with E-state index < -0.39 is 24.4 Å². The van der Waals surface area contributed by atoms with Gasteiger partial charge in [-0.2, -0.15) is 0 Å². The van der Waals surface area contributed by atoms with Gasteiger partial charge in [-0.25, -0.2) is 0 Å². The van der Waals surface area contributed by atoms with Crippen molar-refractivity contribution in [2.24, 2.45) is 0 Å². The minimum Gasteiger partial charge on any atom is -0.389 e. The molecule has 0 aromatic rings. The molecular formula is C10H20Cl3NO5. The molecule has 0 saturated carbocycles. The van der Waals surface area contributed by atoms with Gasteiger partial charge in [0.15, 0.2) is 6.29 Å². The molecule has 0 heterocycles. The first-order chi connectivity index (χ1) is 8.47. The topological polar surface area (TPSA) is 101 Å². The monoisotopic (exact) mass is 339 g/mol. The standard InChI is InChI=1S/C10H19Cl2NO5.ClH/c11-1-3-13(4-2-12)5-7(15)9(17)10(18)8(16)6-14;/h6-10,15-18H,1-5H2;1H/t7-,8+,9-,10-;/m1./s1. The summed E-state index contributed by atoms with van der Waals surface area (Å²) in [5, 5.41) is 37.7. The predicted octanol–water partition coefficient (Wildman–Crippen LogP) is -1.17. The highest BCUT2D eigenvalue weighted by Crippen LogP contribution is 2.06. The van der Waals surface area contributed by atoms with Gasteiger partial charge in [-0.15, -0.1) is 35.6 Å². The van der Waals surface area contributed by atoms with Crippen molar-refractivity contribution >= 4 is 41.9 Å². The van der Waals surface area contributed by atoms with Crippen molar-refractivity contribution < 1.29 is 25.2 Å². The van der Waals surface area contributed by atoms with Crippen molar-refractivity contribution in [3.8, 4) is 0 Å². The Morgan fingerprint density at radius 1 is 1.00 bits per heavy atom. The van der Waals surface area contributed by atoms with Gasteiger partial charge in [0, 0.05) is 31.4 Å². The average molecular weight is 341 g/mol. The summed E-state index contributed by atoms with van der Waals surface area (Å²) in [5.41, 5.74) is 0. The summed E-state index contributed by atoms with van der Waals surface area (Å²) < 4.78 is 0. The fourth-order valence-corrected chi connectivity index (χ4v) is 1.89. The van der Waals surface area contributed by atoms with Gasteiger partial charge >= 0.3 is 0 Å². The number of halogens is 3. The van der Waals surface area contributed by atoms with E-state index in [2.05, 4.69) is 0 Å². The Morgan fingerprint density at radius 2 is 1.47 bits per heavy atom. The van der Waals surface area contributed by atoms with Crippen LogP contribution in [0.4, 0.5) is 0 Å². The van der Waals surface area contributed by atoms with Crippen LogP contribution in [0.5, 0.6) is 0 Å². The van der Waals surface area contributed by atoms with E-state index in [1.165, 1.54) is 0 Å².